The first-order valence-corrected chi connectivity index (χ1v) is 6.75. The van der Waals surface area contributed by atoms with E-state index < -0.39 is 17.9 Å². The van der Waals surface area contributed by atoms with Crippen LogP contribution in [0, 0.1) is 0 Å². The summed E-state index contributed by atoms with van der Waals surface area (Å²) in [5, 5.41) is 9.44. The fourth-order valence-electron chi connectivity index (χ4n) is 2.61. The van der Waals surface area contributed by atoms with Gasteiger partial charge in [0.2, 0.25) is 0 Å². The van der Waals surface area contributed by atoms with Crippen LogP contribution >= 0.6 is 0 Å². The van der Waals surface area contributed by atoms with Crippen LogP contribution in [0.2, 0.25) is 0 Å². The van der Waals surface area contributed by atoms with E-state index in [1.165, 1.54) is 17.3 Å². The van der Waals surface area contributed by atoms with Gasteiger partial charge in [0.25, 0.3) is 5.91 Å². The number of rotatable bonds is 2. The second-order valence-electron chi connectivity index (χ2n) is 5.05. The minimum Gasteiger partial charge on any atom is -0.480 e. The fourth-order valence-corrected chi connectivity index (χ4v) is 2.61. The number of hydrogen-bond acceptors (Lipinski definition) is 5. The Labute approximate surface area is 126 Å². The average Bonchev–Trinajstić information content (AvgIpc) is 2.53. The lowest BCUT2D eigenvalue weighted by atomic mass is 9.93. The molecule has 1 aromatic heterocycles. The third-order valence-electron chi connectivity index (χ3n) is 3.72. The van der Waals surface area contributed by atoms with Crippen molar-refractivity contribution in [2.75, 3.05) is 5.73 Å². The first kappa shape index (κ1) is 14.0. The van der Waals surface area contributed by atoms with Crippen LogP contribution in [0.25, 0.3) is 0 Å². The number of anilines is 1. The Kier molecular flexibility index (Phi) is 3.46. The number of nitrogen functional groups attached to an aromatic ring is 1. The normalized spacial score (nSPS) is 16.9. The number of fused-ring (bicyclic) bond motifs is 1. The summed E-state index contributed by atoms with van der Waals surface area (Å²) in [6, 6.07) is 6.54. The van der Waals surface area contributed by atoms with E-state index >= 15 is 0 Å². The topological polar surface area (TPSA) is 109 Å². The number of hydrogen-bond donors (Lipinski definition) is 2. The second-order valence-corrected chi connectivity index (χ2v) is 5.05. The highest BCUT2D eigenvalue weighted by atomic mass is 16.4. The largest absolute Gasteiger partial charge is 0.480 e. The van der Waals surface area contributed by atoms with E-state index in [0.717, 1.165) is 11.1 Å². The molecule has 3 N–H and O–H groups in total. The number of amides is 1. The van der Waals surface area contributed by atoms with Crippen molar-refractivity contribution in [2.45, 2.75) is 19.0 Å². The molecule has 0 saturated carbocycles. The number of carbonyl (C=O) groups excluding carboxylic acids is 1. The maximum atomic E-state index is 12.6. The summed E-state index contributed by atoms with van der Waals surface area (Å²) in [6.45, 7) is 0.210. The molecule has 0 radical (unpaired) electrons. The van der Waals surface area contributed by atoms with Crippen molar-refractivity contribution in [1.29, 1.82) is 0 Å². The molecule has 0 spiro atoms. The van der Waals surface area contributed by atoms with E-state index in [4.69, 9.17) is 5.73 Å². The van der Waals surface area contributed by atoms with Crippen LogP contribution in [0.5, 0.6) is 0 Å². The van der Waals surface area contributed by atoms with Crippen LogP contribution in [0.1, 0.15) is 21.6 Å². The molecular weight excluding hydrogens is 284 g/mol. The Bertz CT molecular complexity index is 747. The smallest absolute Gasteiger partial charge is 0.326 e. The molecule has 1 aliphatic rings. The van der Waals surface area contributed by atoms with Gasteiger partial charge in [0.15, 0.2) is 11.5 Å². The van der Waals surface area contributed by atoms with Gasteiger partial charge in [-0.25, -0.2) is 14.8 Å². The second kappa shape index (κ2) is 5.44. The van der Waals surface area contributed by atoms with Gasteiger partial charge in [0.1, 0.15) is 6.04 Å². The lowest BCUT2D eigenvalue weighted by Crippen LogP contribution is -2.49. The molecular formula is C15H14N4O3. The maximum Gasteiger partial charge on any atom is 0.326 e. The Morgan fingerprint density at radius 2 is 1.86 bits per heavy atom. The molecule has 1 aliphatic heterocycles. The highest BCUT2D eigenvalue weighted by Crippen LogP contribution is 2.25. The van der Waals surface area contributed by atoms with Gasteiger partial charge in [-0.1, -0.05) is 24.3 Å². The molecule has 22 heavy (non-hydrogen) atoms. The molecule has 7 nitrogen and oxygen atoms in total. The highest BCUT2D eigenvalue weighted by Gasteiger charge is 2.36. The van der Waals surface area contributed by atoms with E-state index in [-0.39, 0.29) is 24.5 Å². The zero-order valence-electron chi connectivity index (χ0n) is 11.6. The SMILES string of the molecule is Nc1nccnc1C(=O)N1Cc2ccccc2C[C@@H]1C(=O)O. The number of carboxylic acid groups (broad SMARTS) is 1. The minimum atomic E-state index is -1.05. The lowest BCUT2D eigenvalue weighted by Gasteiger charge is -2.34. The van der Waals surface area contributed by atoms with E-state index in [1.807, 2.05) is 24.3 Å². The summed E-state index contributed by atoms with van der Waals surface area (Å²) in [7, 11) is 0. The first-order valence-electron chi connectivity index (χ1n) is 6.75. The quantitative estimate of drug-likeness (QED) is 0.845. The summed E-state index contributed by atoms with van der Waals surface area (Å²) >= 11 is 0. The van der Waals surface area contributed by atoms with Crippen LogP contribution < -0.4 is 5.73 Å². The van der Waals surface area contributed by atoms with Gasteiger partial charge in [-0.15, -0.1) is 0 Å². The molecule has 2 aromatic rings. The van der Waals surface area contributed by atoms with Crippen molar-refractivity contribution < 1.29 is 14.7 Å². The Balaban J connectivity index is 1.99. The summed E-state index contributed by atoms with van der Waals surface area (Å²) in [5.41, 5.74) is 7.52. The number of carbonyl (C=O) groups is 2. The molecule has 7 heteroatoms. The summed E-state index contributed by atoms with van der Waals surface area (Å²) in [4.78, 5) is 33.2. The van der Waals surface area contributed by atoms with Crippen LogP contribution in [-0.2, 0) is 17.8 Å². The van der Waals surface area contributed by atoms with Crippen molar-refractivity contribution in [1.82, 2.24) is 14.9 Å². The van der Waals surface area contributed by atoms with E-state index in [2.05, 4.69) is 9.97 Å². The minimum absolute atomic E-state index is 0.00417. The molecule has 2 heterocycles. The molecule has 0 aliphatic carbocycles. The van der Waals surface area contributed by atoms with Gasteiger partial charge in [-0.05, 0) is 11.1 Å². The zero-order chi connectivity index (χ0) is 15.7. The molecule has 0 fully saturated rings. The Morgan fingerprint density at radius 3 is 2.55 bits per heavy atom. The van der Waals surface area contributed by atoms with Gasteiger partial charge >= 0.3 is 5.97 Å². The van der Waals surface area contributed by atoms with Crippen LogP contribution in [0.3, 0.4) is 0 Å². The molecule has 0 unspecified atom stereocenters. The summed E-state index contributed by atoms with van der Waals surface area (Å²) in [6.07, 6.45) is 3.00. The number of nitrogens with zero attached hydrogens (tertiary/aromatic N) is 3. The number of nitrogens with two attached hydrogens (primary N) is 1. The van der Waals surface area contributed by atoms with Gasteiger partial charge < -0.3 is 15.7 Å². The third kappa shape index (κ3) is 2.37. The van der Waals surface area contributed by atoms with Gasteiger partial charge in [-0.3, -0.25) is 4.79 Å². The monoisotopic (exact) mass is 298 g/mol. The molecule has 1 amide bonds. The maximum absolute atomic E-state index is 12.6. The van der Waals surface area contributed by atoms with Crippen molar-refractivity contribution in [3.8, 4) is 0 Å². The summed E-state index contributed by atoms with van der Waals surface area (Å²) in [5.74, 6) is -1.58. The lowest BCUT2D eigenvalue weighted by molar-refractivity contribution is -0.142. The highest BCUT2D eigenvalue weighted by molar-refractivity contribution is 5.98. The number of aliphatic carboxylic acids is 1. The Hall–Kier alpha value is -2.96. The van der Waals surface area contributed by atoms with E-state index in [1.54, 1.807) is 0 Å². The number of aromatic nitrogens is 2. The van der Waals surface area contributed by atoms with Gasteiger partial charge in [-0.2, -0.15) is 0 Å². The van der Waals surface area contributed by atoms with Crippen LogP contribution in [0.4, 0.5) is 5.82 Å². The molecule has 112 valence electrons. The number of benzene rings is 1. The Morgan fingerprint density at radius 1 is 1.18 bits per heavy atom. The predicted molar refractivity (Wildman–Crippen MR) is 77.9 cm³/mol. The van der Waals surface area contributed by atoms with Crippen molar-refractivity contribution in [2.24, 2.45) is 0 Å². The van der Waals surface area contributed by atoms with Crippen molar-refractivity contribution in [3.63, 3.8) is 0 Å². The predicted octanol–water partition coefficient (Wildman–Crippen LogP) is 0.710. The van der Waals surface area contributed by atoms with Gasteiger partial charge in [0.05, 0.1) is 0 Å². The van der Waals surface area contributed by atoms with Crippen molar-refractivity contribution >= 4 is 17.7 Å². The standard InChI is InChI=1S/C15H14N4O3/c16-13-12(17-5-6-18-13)14(20)19-8-10-4-2-1-3-9(10)7-11(19)15(21)22/h1-6,11H,7-8H2,(H2,16,18)(H,21,22)/t11-/m1/s1. The molecule has 0 saturated heterocycles. The fraction of sp³-hybridized carbons (Fsp3) is 0.200. The molecule has 1 aromatic carbocycles. The van der Waals surface area contributed by atoms with E-state index in [0.29, 0.717) is 0 Å². The summed E-state index contributed by atoms with van der Waals surface area (Å²) < 4.78 is 0. The zero-order valence-corrected chi connectivity index (χ0v) is 11.6. The molecule has 0 bridgehead atoms. The number of carboxylic acids is 1. The first-order chi connectivity index (χ1) is 10.6. The van der Waals surface area contributed by atoms with E-state index in [9.17, 15) is 14.7 Å². The van der Waals surface area contributed by atoms with Crippen molar-refractivity contribution in [3.05, 3.63) is 53.5 Å². The molecule has 3 rings (SSSR count). The molecule has 1 atom stereocenters. The van der Waals surface area contributed by atoms with Crippen LogP contribution in [0.15, 0.2) is 36.7 Å². The van der Waals surface area contributed by atoms with Gasteiger partial charge in [0, 0.05) is 25.4 Å². The third-order valence-corrected chi connectivity index (χ3v) is 3.72. The average molecular weight is 298 g/mol. The van der Waals surface area contributed by atoms with Crippen LogP contribution in [-0.4, -0.2) is 37.9 Å².